The van der Waals surface area contributed by atoms with Gasteiger partial charge in [0.2, 0.25) is 0 Å². The first-order chi connectivity index (χ1) is 4.72. The van der Waals surface area contributed by atoms with E-state index in [1.54, 1.807) is 6.92 Å². The summed E-state index contributed by atoms with van der Waals surface area (Å²) in [6.45, 7) is 4.17. The minimum atomic E-state index is -0.249. The number of rotatable bonds is 4. The van der Waals surface area contributed by atoms with Crippen LogP contribution in [-0.2, 0) is 9.53 Å². The molecule has 0 aromatic heterocycles. The highest BCUT2D eigenvalue weighted by molar-refractivity contribution is 7.79. The van der Waals surface area contributed by atoms with Crippen LogP contribution in [0.5, 0.6) is 0 Å². The lowest BCUT2D eigenvalue weighted by Crippen LogP contribution is -2.15. The van der Waals surface area contributed by atoms with Gasteiger partial charge in [-0.05, 0) is 18.7 Å². The van der Waals surface area contributed by atoms with Gasteiger partial charge in [-0.15, -0.1) is 0 Å². The van der Waals surface area contributed by atoms with Crippen LogP contribution in [0.4, 0.5) is 0 Å². The molecule has 0 spiro atoms. The fourth-order valence-electron chi connectivity index (χ4n) is 0.390. The lowest BCUT2D eigenvalue weighted by atomic mass is 10.2. The van der Waals surface area contributed by atoms with Crippen molar-refractivity contribution in [2.24, 2.45) is 5.92 Å². The van der Waals surface area contributed by atoms with E-state index in [-0.39, 0.29) is 11.9 Å². The number of thiocarbonyl (C=S) groups is 1. The Morgan fingerprint density at radius 3 is 2.80 bits per heavy atom. The molecule has 0 heterocycles. The minimum absolute atomic E-state index is 0.225. The Kier molecular flexibility index (Phi) is 5.12. The van der Waals surface area contributed by atoms with Crippen molar-refractivity contribution in [2.75, 3.05) is 6.61 Å². The predicted octanol–water partition coefficient (Wildman–Crippen LogP) is 1.58. The summed E-state index contributed by atoms with van der Waals surface area (Å²) in [7, 11) is 0. The molecule has 0 fully saturated rings. The van der Waals surface area contributed by atoms with Crippen LogP contribution >= 0.6 is 12.2 Å². The molecule has 0 radical (unpaired) electrons. The largest absolute Gasteiger partial charge is 0.465 e. The van der Waals surface area contributed by atoms with Crippen molar-refractivity contribution in [3.63, 3.8) is 0 Å². The number of ether oxygens (including phenoxy) is 1. The normalized spacial score (nSPS) is 12.2. The predicted molar refractivity (Wildman–Crippen MR) is 44.1 cm³/mol. The fourth-order valence-corrected chi connectivity index (χ4v) is 0.501. The Bertz CT molecular complexity index is 123. The van der Waals surface area contributed by atoms with Gasteiger partial charge in [0.15, 0.2) is 0 Å². The maximum absolute atomic E-state index is 10.8. The highest BCUT2D eigenvalue weighted by Gasteiger charge is 2.09. The Balaban J connectivity index is 3.51. The zero-order valence-corrected chi connectivity index (χ0v) is 7.11. The Labute approximate surface area is 66.6 Å². The van der Waals surface area contributed by atoms with Crippen molar-refractivity contribution in [2.45, 2.75) is 20.3 Å². The molecule has 1 unspecified atom stereocenters. The summed E-state index contributed by atoms with van der Waals surface area (Å²) in [5.74, 6) is -0.474. The third-order valence-corrected chi connectivity index (χ3v) is 1.43. The van der Waals surface area contributed by atoms with Crippen LogP contribution in [0, 0.1) is 5.92 Å². The molecule has 1 atom stereocenters. The van der Waals surface area contributed by atoms with Crippen LogP contribution in [0.2, 0.25) is 0 Å². The van der Waals surface area contributed by atoms with E-state index in [1.807, 2.05) is 6.92 Å². The molecule has 2 nitrogen and oxygen atoms in total. The van der Waals surface area contributed by atoms with Crippen molar-refractivity contribution < 1.29 is 9.53 Å². The summed E-state index contributed by atoms with van der Waals surface area (Å²) in [6.07, 6.45) is 0.857. The zero-order valence-electron chi connectivity index (χ0n) is 6.29. The molecule has 0 saturated carbocycles. The van der Waals surface area contributed by atoms with Gasteiger partial charge < -0.3 is 4.74 Å². The van der Waals surface area contributed by atoms with Crippen LogP contribution in [0.25, 0.3) is 0 Å². The standard InChI is InChI=1S/C7H12O2S/c1-3-4-9-7(8)6(2)5-10/h5-6H,3-4H2,1-2H3. The minimum Gasteiger partial charge on any atom is -0.465 e. The molecule has 0 rings (SSSR count). The first kappa shape index (κ1) is 9.56. The molecular weight excluding hydrogens is 148 g/mol. The van der Waals surface area contributed by atoms with Crippen LogP contribution in [0.3, 0.4) is 0 Å². The van der Waals surface area contributed by atoms with Gasteiger partial charge in [0.1, 0.15) is 0 Å². The molecule has 3 heteroatoms. The highest BCUT2D eigenvalue weighted by Crippen LogP contribution is 1.95. The van der Waals surface area contributed by atoms with Gasteiger partial charge in [0.05, 0.1) is 12.5 Å². The van der Waals surface area contributed by atoms with E-state index in [4.69, 9.17) is 4.74 Å². The monoisotopic (exact) mass is 160 g/mol. The summed E-state index contributed by atoms with van der Waals surface area (Å²) in [4.78, 5) is 10.8. The molecule has 0 saturated heterocycles. The summed E-state index contributed by atoms with van der Waals surface area (Å²) in [5.41, 5.74) is 0. The van der Waals surface area contributed by atoms with Gasteiger partial charge in [-0.2, -0.15) is 0 Å². The van der Waals surface area contributed by atoms with Gasteiger partial charge in [0.25, 0.3) is 0 Å². The first-order valence-electron chi connectivity index (χ1n) is 3.34. The van der Waals surface area contributed by atoms with Gasteiger partial charge in [-0.25, -0.2) is 0 Å². The van der Waals surface area contributed by atoms with Crippen LogP contribution < -0.4 is 0 Å². The number of carbonyl (C=O) groups excluding carboxylic acids is 1. The number of esters is 1. The molecule has 0 aliphatic heterocycles. The van der Waals surface area contributed by atoms with E-state index in [1.165, 1.54) is 5.37 Å². The lowest BCUT2D eigenvalue weighted by Gasteiger charge is -2.04. The number of hydrogen-bond donors (Lipinski definition) is 0. The van der Waals surface area contributed by atoms with Gasteiger partial charge in [-0.3, -0.25) is 4.79 Å². The molecule has 0 aromatic carbocycles. The van der Waals surface area contributed by atoms with E-state index < -0.39 is 0 Å². The third kappa shape index (κ3) is 3.56. The summed E-state index contributed by atoms with van der Waals surface area (Å²) >= 11 is 4.58. The molecule has 10 heavy (non-hydrogen) atoms. The Morgan fingerprint density at radius 1 is 1.80 bits per heavy atom. The molecule has 0 N–H and O–H groups in total. The molecule has 0 aromatic rings. The van der Waals surface area contributed by atoms with Crippen LogP contribution in [0.1, 0.15) is 20.3 Å². The quantitative estimate of drug-likeness (QED) is 0.461. The third-order valence-electron chi connectivity index (χ3n) is 1.02. The topological polar surface area (TPSA) is 26.3 Å². The van der Waals surface area contributed by atoms with Crippen molar-refractivity contribution >= 4 is 23.6 Å². The molecule has 58 valence electrons. The second-order valence-corrected chi connectivity index (χ2v) is 2.36. The van der Waals surface area contributed by atoms with E-state index >= 15 is 0 Å². The SMILES string of the molecule is CCCOC(=O)C(C)C=S. The Hall–Kier alpha value is -0.440. The van der Waals surface area contributed by atoms with E-state index in [9.17, 15) is 4.79 Å². The molecule has 0 aliphatic carbocycles. The van der Waals surface area contributed by atoms with Crippen molar-refractivity contribution in [3.8, 4) is 0 Å². The van der Waals surface area contributed by atoms with Crippen molar-refractivity contribution in [1.29, 1.82) is 0 Å². The summed E-state index contributed by atoms with van der Waals surface area (Å²) < 4.78 is 4.81. The van der Waals surface area contributed by atoms with Gasteiger partial charge in [0, 0.05) is 0 Å². The zero-order chi connectivity index (χ0) is 7.98. The summed E-state index contributed by atoms with van der Waals surface area (Å²) in [5, 5.41) is 1.41. The molecule has 0 bridgehead atoms. The smallest absolute Gasteiger partial charge is 0.313 e. The van der Waals surface area contributed by atoms with Crippen molar-refractivity contribution in [1.82, 2.24) is 0 Å². The van der Waals surface area contributed by atoms with E-state index in [0.29, 0.717) is 6.61 Å². The lowest BCUT2D eigenvalue weighted by molar-refractivity contribution is -0.145. The van der Waals surface area contributed by atoms with E-state index in [2.05, 4.69) is 12.2 Å². The first-order valence-corrected chi connectivity index (χ1v) is 3.81. The second-order valence-electron chi connectivity index (χ2n) is 2.09. The molecule has 0 aliphatic rings. The number of carbonyl (C=O) groups is 1. The van der Waals surface area contributed by atoms with E-state index in [0.717, 1.165) is 6.42 Å². The Morgan fingerprint density at radius 2 is 2.40 bits per heavy atom. The highest BCUT2D eigenvalue weighted by atomic mass is 32.1. The second kappa shape index (κ2) is 5.35. The molecular formula is C7H12O2S. The van der Waals surface area contributed by atoms with Gasteiger partial charge >= 0.3 is 5.97 Å². The van der Waals surface area contributed by atoms with Crippen LogP contribution in [-0.4, -0.2) is 17.9 Å². The van der Waals surface area contributed by atoms with Crippen molar-refractivity contribution in [3.05, 3.63) is 0 Å². The van der Waals surface area contributed by atoms with Gasteiger partial charge in [-0.1, -0.05) is 19.1 Å². The van der Waals surface area contributed by atoms with Crippen LogP contribution in [0.15, 0.2) is 0 Å². The average Bonchev–Trinajstić information content (AvgIpc) is 1.98. The fraction of sp³-hybridized carbons (Fsp3) is 0.714. The summed E-state index contributed by atoms with van der Waals surface area (Å²) in [6, 6.07) is 0. The molecule has 0 amide bonds. The maximum Gasteiger partial charge on any atom is 0.313 e. The average molecular weight is 160 g/mol. The maximum atomic E-state index is 10.8. The number of hydrogen-bond acceptors (Lipinski definition) is 3.